The molecule has 3 aromatic heterocycles. The number of rotatable bonds is 5. The molecular weight excluding hydrogens is 438 g/mol. The number of ketones is 1. The van der Waals surface area contributed by atoms with Crippen LogP contribution in [0.3, 0.4) is 0 Å². The number of amides is 1. The highest BCUT2D eigenvalue weighted by Gasteiger charge is 2.20. The number of hydrogen-bond acceptors (Lipinski definition) is 8. The minimum absolute atomic E-state index is 0.00752. The first kappa shape index (κ1) is 19.2. The summed E-state index contributed by atoms with van der Waals surface area (Å²) in [5, 5.41) is 8.69. The minimum atomic E-state index is -0.223. The average molecular weight is 454 g/mol. The first-order valence-corrected chi connectivity index (χ1v) is 11.9. The zero-order valence-electron chi connectivity index (χ0n) is 15.8. The van der Waals surface area contributed by atoms with Gasteiger partial charge in [-0.15, -0.1) is 22.7 Å². The Kier molecular flexibility index (Phi) is 5.01. The van der Waals surface area contributed by atoms with Crippen LogP contribution >= 0.6 is 34.4 Å². The zero-order chi connectivity index (χ0) is 20.7. The Balaban J connectivity index is 1.42. The van der Waals surface area contributed by atoms with E-state index < -0.39 is 0 Å². The van der Waals surface area contributed by atoms with Gasteiger partial charge in [0, 0.05) is 21.4 Å². The van der Waals surface area contributed by atoms with Crippen LogP contribution in [-0.2, 0) is 4.79 Å². The van der Waals surface area contributed by atoms with Crippen molar-refractivity contribution in [2.24, 2.45) is 0 Å². The summed E-state index contributed by atoms with van der Waals surface area (Å²) in [5.74, 6) is 1.23. The zero-order valence-corrected chi connectivity index (χ0v) is 18.2. The lowest BCUT2D eigenvalue weighted by Crippen LogP contribution is -2.25. The third-order valence-electron chi connectivity index (χ3n) is 4.57. The number of nitrogens with one attached hydrogen (secondary N) is 1. The first-order chi connectivity index (χ1) is 14.6. The Hall–Kier alpha value is -2.75. The molecule has 9 heteroatoms. The topological polar surface area (TPSA) is 81.2 Å². The van der Waals surface area contributed by atoms with E-state index >= 15 is 0 Å². The van der Waals surface area contributed by atoms with Crippen molar-refractivity contribution in [2.75, 3.05) is 17.7 Å². The van der Waals surface area contributed by atoms with E-state index in [1.807, 2.05) is 18.4 Å². The third-order valence-corrected chi connectivity index (χ3v) is 7.32. The van der Waals surface area contributed by atoms with Crippen molar-refractivity contribution >= 4 is 62.0 Å². The molecule has 1 aromatic carbocycles. The van der Waals surface area contributed by atoms with Crippen LogP contribution in [0.2, 0.25) is 0 Å². The lowest BCUT2D eigenvalue weighted by molar-refractivity contribution is -0.118. The van der Waals surface area contributed by atoms with Gasteiger partial charge in [0.1, 0.15) is 21.4 Å². The van der Waals surface area contributed by atoms with Crippen LogP contribution < -0.4 is 10.1 Å². The summed E-state index contributed by atoms with van der Waals surface area (Å²) in [6.07, 6.45) is 0. The minimum Gasteiger partial charge on any atom is -0.482 e. The molecule has 5 rings (SSSR count). The Morgan fingerprint density at radius 2 is 2.17 bits per heavy atom. The number of Topliss-reactive ketones (excluding diaryl/α,β-unsaturated/α-hetero) is 1. The average Bonchev–Trinajstić information content (AvgIpc) is 3.40. The summed E-state index contributed by atoms with van der Waals surface area (Å²) in [5.41, 5.74) is 2.16. The van der Waals surface area contributed by atoms with Gasteiger partial charge in [-0.1, -0.05) is 17.8 Å². The van der Waals surface area contributed by atoms with Crippen LogP contribution in [0, 0.1) is 6.92 Å². The maximum Gasteiger partial charge on any atom is 0.262 e. The molecular formula is C21H15N3O3S3. The van der Waals surface area contributed by atoms with Crippen LogP contribution in [-0.4, -0.2) is 34.0 Å². The summed E-state index contributed by atoms with van der Waals surface area (Å²) in [6.45, 7) is 1.86. The molecule has 0 unspecified atom stereocenters. The van der Waals surface area contributed by atoms with Crippen molar-refractivity contribution in [2.45, 2.75) is 11.9 Å². The van der Waals surface area contributed by atoms with Gasteiger partial charge < -0.3 is 10.1 Å². The van der Waals surface area contributed by atoms with E-state index in [-0.39, 0.29) is 24.1 Å². The quantitative estimate of drug-likeness (QED) is 0.259. The Morgan fingerprint density at radius 3 is 3.00 bits per heavy atom. The molecule has 0 radical (unpaired) electrons. The molecule has 0 atom stereocenters. The van der Waals surface area contributed by atoms with Crippen LogP contribution in [0.15, 0.2) is 46.1 Å². The van der Waals surface area contributed by atoms with Crippen molar-refractivity contribution in [1.29, 1.82) is 0 Å². The number of thiophene rings is 2. The Labute approximate surface area is 184 Å². The molecule has 0 saturated carbocycles. The van der Waals surface area contributed by atoms with E-state index in [4.69, 9.17) is 4.74 Å². The number of fused-ring (bicyclic) bond motifs is 2. The lowest BCUT2D eigenvalue weighted by atomic mass is 10.1. The number of ether oxygens (including phenoxy) is 1. The monoisotopic (exact) mass is 453 g/mol. The molecule has 0 saturated heterocycles. The predicted octanol–water partition coefficient (Wildman–Crippen LogP) is 5.03. The fourth-order valence-electron chi connectivity index (χ4n) is 3.20. The number of benzene rings is 1. The van der Waals surface area contributed by atoms with Crippen molar-refractivity contribution in [3.8, 4) is 16.2 Å². The molecule has 1 aliphatic rings. The van der Waals surface area contributed by atoms with E-state index in [1.165, 1.54) is 11.8 Å². The molecule has 4 aromatic rings. The van der Waals surface area contributed by atoms with Gasteiger partial charge in [0.2, 0.25) is 0 Å². The van der Waals surface area contributed by atoms with E-state index in [9.17, 15) is 9.59 Å². The number of aromatic nitrogens is 2. The lowest BCUT2D eigenvalue weighted by Gasteiger charge is -2.18. The van der Waals surface area contributed by atoms with Crippen LogP contribution in [0.5, 0.6) is 5.75 Å². The van der Waals surface area contributed by atoms with Gasteiger partial charge in [-0.2, -0.15) is 0 Å². The summed E-state index contributed by atoms with van der Waals surface area (Å²) < 4.78 is 5.36. The summed E-state index contributed by atoms with van der Waals surface area (Å²) in [7, 11) is 0. The largest absolute Gasteiger partial charge is 0.482 e. The Morgan fingerprint density at radius 1 is 1.27 bits per heavy atom. The van der Waals surface area contributed by atoms with E-state index in [0.717, 1.165) is 25.7 Å². The van der Waals surface area contributed by atoms with Gasteiger partial charge in [0.25, 0.3) is 5.91 Å². The molecule has 1 amide bonds. The van der Waals surface area contributed by atoms with Gasteiger partial charge in [0.05, 0.1) is 16.8 Å². The van der Waals surface area contributed by atoms with Gasteiger partial charge >= 0.3 is 0 Å². The van der Waals surface area contributed by atoms with Crippen molar-refractivity contribution in [3.05, 3.63) is 52.5 Å². The SMILES string of the molecule is Cc1nc(SCC(=O)c2ccc3c(c2)NC(=O)CO3)c2c(-c3cccs3)csc2n1. The number of thioether (sulfide) groups is 1. The molecule has 0 spiro atoms. The molecule has 0 bridgehead atoms. The van der Waals surface area contributed by atoms with E-state index in [2.05, 4.69) is 26.7 Å². The highest BCUT2D eigenvalue weighted by atomic mass is 32.2. The fraction of sp³-hybridized carbons (Fsp3) is 0.143. The fourth-order valence-corrected chi connectivity index (χ4v) is 6.06. The molecule has 30 heavy (non-hydrogen) atoms. The standard InChI is InChI=1S/C21H15N3O3S3/c1-11-22-20-19(13(9-29-20)17-3-2-6-28-17)21(23-11)30-10-15(25)12-4-5-16-14(7-12)24-18(26)8-27-16/h2-7,9H,8,10H2,1H3,(H,24,26). The highest BCUT2D eigenvalue weighted by molar-refractivity contribution is 8.00. The number of nitrogens with zero attached hydrogens (tertiary/aromatic N) is 2. The second kappa shape index (κ2) is 7.82. The van der Waals surface area contributed by atoms with Crippen LogP contribution in [0.1, 0.15) is 16.2 Å². The predicted molar refractivity (Wildman–Crippen MR) is 121 cm³/mol. The maximum atomic E-state index is 12.8. The highest BCUT2D eigenvalue weighted by Crippen LogP contribution is 2.40. The first-order valence-electron chi connectivity index (χ1n) is 9.11. The van der Waals surface area contributed by atoms with Gasteiger partial charge in [0.15, 0.2) is 12.4 Å². The molecule has 1 N–H and O–H groups in total. The second-order valence-corrected chi connectivity index (χ2v) is 9.41. The smallest absolute Gasteiger partial charge is 0.262 e. The van der Waals surface area contributed by atoms with Crippen molar-refractivity contribution in [3.63, 3.8) is 0 Å². The third kappa shape index (κ3) is 3.60. The van der Waals surface area contributed by atoms with Gasteiger partial charge in [-0.05, 0) is 36.6 Å². The molecule has 0 aliphatic carbocycles. The normalized spacial score (nSPS) is 13.0. The van der Waals surface area contributed by atoms with Crippen LogP contribution in [0.4, 0.5) is 5.69 Å². The Bertz CT molecular complexity index is 1280. The van der Waals surface area contributed by atoms with Gasteiger partial charge in [-0.25, -0.2) is 9.97 Å². The number of carbonyl (C=O) groups is 2. The molecule has 4 heterocycles. The maximum absolute atomic E-state index is 12.8. The number of hydrogen-bond donors (Lipinski definition) is 1. The molecule has 6 nitrogen and oxygen atoms in total. The second-order valence-electron chi connectivity index (χ2n) is 6.64. The molecule has 150 valence electrons. The van der Waals surface area contributed by atoms with Crippen molar-refractivity contribution in [1.82, 2.24) is 9.97 Å². The summed E-state index contributed by atoms with van der Waals surface area (Å²) in [4.78, 5) is 35.7. The summed E-state index contributed by atoms with van der Waals surface area (Å²) >= 11 is 4.67. The van der Waals surface area contributed by atoms with Crippen molar-refractivity contribution < 1.29 is 14.3 Å². The molecule has 0 fully saturated rings. The number of anilines is 1. The number of carbonyl (C=O) groups excluding carboxylic acids is 2. The van der Waals surface area contributed by atoms with Gasteiger partial charge in [-0.3, -0.25) is 9.59 Å². The molecule has 1 aliphatic heterocycles. The van der Waals surface area contributed by atoms with E-state index in [1.54, 1.807) is 40.9 Å². The number of aryl methyl sites for hydroxylation is 1. The van der Waals surface area contributed by atoms with Crippen LogP contribution in [0.25, 0.3) is 20.7 Å². The van der Waals surface area contributed by atoms with E-state index in [0.29, 0.717) is 22.8 Å². The summed E-state index contributed by atoms with van der Waals surface area (Å²) in [6, 6.07) is 9.20.